The number of anilines is 2. The van der Waals surface area contributed by atoms with Crippen LogP contribution in [0.1, 0.15) is 12.8 Å². The van der Waals surface area contributed by atoms with Crippen LogP contribution in [0.25, 0.3) is 11.1 Å². The van der Waals surface area contributed by atoms with Crippen LogP contribution in [0, 0.1) is 5.82 Å². The molecule has 34 heavy (non-hydrogen) atoms. The lowest BCUT2D eigenvalue weighted by atomic mass is 10.0. The molecule has 3 N–H and O–H groups in total. The van der Waals surface area contributed by atoms with E-state index < -0.39 is 33.1 Å². The number of hydrogen-bond acceptors (Lipinski definition) is 5. The number of halogens is 2. The number of amides is 3. The number of carbonyl (C=O) groups is 2. The second-order valence-corrected chi connectivity index (χ2v) is 10.4. The molecule has 1 heterocycles. The summed E-state index contributed by atoms with van der Waals surface area (Å²) >= 11 is 5.77. The summed E-state index contributed by atoms with van der Waals surface area (Å²) in [4.78, 5) is 29.1. The predicted molar refractivity (Wildman–Crippen MR) is 127 cm³/mol. The highest BCUT2D eigenvalue weighted by Gasteiger charge is 2.51. The molecule has 0 radical (unpaired) electrons. The molecule has 1 saturated carbocycles. The van der Waals surface area contributed by atoms with Gasteiger partial charge in [0.2, 0.25) is 5.91 Å². The normalized spacial score (nSPS) is 14.2. The summed E-state index contributed by atoms with van der Waals surface area (Å²) in [5, 5.41) is 8.04. The fraction of sp³-hybridized carbons (Fsp3) is 0.174. The Bertz CT molecular complexity index is 1380. The van der Waals surface area contributed by atoms with Crippen molar-refractivity contribution in [1.29, 1.82) is 0 Å². The fourth-order valence-corrected chi connectivity index (χ4v) is 4.43. The van der Waals surface area contributed by atoms with E-state index in [0.29, 0.717) is 29.0 Å². The molecular formula is C23H20ClFN4O4S. The summed E-state index contributed by atoms with van der Waals surface area (Å²) < 4.78 is 39.0. The third-order valence-corrected chi connectivity index (χ3v) is 6.70. The zero-order chi connectivity index (χ0) is 24.5. The smallest absolute Gasteiger partial charge is 0.321 e. The average molecular weight is 503 g/mol. The second-order valence-electron chi connectivity index (χ2n) is 7.94. The topological polar surface area (TPSA) is 117 Å². The van der Waals surface area contributed by atoms with Gasteiger partial charge in [-0.3, -0.25) is 10.1 Å². The van der Waals surface area contributed by atoms with Crippen LogP contribution in [0.3, 0.4) is 0 Å². The standard InChI is InChI=1S/C23H20ClFN4O4S/c1-34(32,33)19-5-3-2-4-16(19)14-6-8-18(17(25)12-14)27-21(30)23(10-11-23)29-22(31)28-20-9-7-15(24)13-26-20/h2-9,12-13H,10-11H2,1H3,(H,27,30)(H2,26,28,29,31). The Morgan fingerprint density at radius 1 is 1.06 bits per heavy atom. The highest BCUT2D eigenvalue weighted by atomic mass is 35.5. The van der Waals surface area contributed by atoms with E-state index in [4.69, 9.17) is 11.6 Å². The molecule has 1 aromatic heterocycles. The maximum atomic E-state index is 14.8. The van der Waals surface area contributed by atoms with Crippen molar-refractivity contribution < 1.29 is 22.4 Å². The van der Waals surface area contributed by atoms with E-state index in [-0.39, 0.29) is 16.4 Å². The number of rotatable bonds is 6. The van der Waals surface area contributed by atoms with Crippen molar-refractivity contribution in [2.45, 2.75) is 23.3 Å². The summed E-state index contributed by atoms with van der Waals surface area (Å²) in [6.45, 7) is 0. The molecule has 1 fully saturated rings. The van der Waals surface area contributed by atoms with Crippen LogP contribution in [0.4, 0.5) is 20.7 Å². The number of pyridine rings is 1. The van der Waals surface area contributed by atoms with Crippen LogP contribution < -0.4 is 16.0 Å². The van der Waals surface area contributed by atoms with Gasteiger partial charge in [-0.1, -0.05) is 35.9 Å². The van der Waals surface area contributed by atoms with E-state index >= 15 is 0 Å². The van der Waals surface area contributed by atoms with Crippen LogP contribution >= 0.6 is 11.6 Å². The Hall–Kier alpha value is -3.50. The summed E-state index contributed by atoms with van der Waals surface area (Å²) in [5.41, 5.74) is -0.538. The summed E-state index contributed by atoms with van der Waals surface area (Å²) in [5.74, 6) is -1.04. The molecule has 0 unspecified atom stereocenters. The van der Waals surface area contributed by atoms with Crippen LogP contribution in [0.15, 0.2) is 65.7 Å². The molecule has 11 heteroatoms. The van der Waals surface area contributed by atoms with Gasteiger partial charge in [0.05, 0.1) is 15.6 Å². The van der Waals surface area contributed by atoms with Crippen molar-refractivity contribution >= 4 is 44.9 Å². The van der Waals surface area contributed by atoms with Gasteiger partial charge in [-0.05, 0) is 48.7 Å². The van der Waals surface area contributed by atoms with E-state index in [9.17, 15) is 22.4 Å². The van der Waals surface area contributed by atoms with Gasteiger partial charge in [-0.15, -0.1) is 0 Å². The van der Waals surface area contributed by atoms with Gasteiger partial charge < -0.3 is 10.6 Å². The second kappa shape index (κ2) is 9.03. The molecular weight excluding hydrogens is 483 g/mol. The van der Waals surface area contributed by atoms with Crippen molar-refractivity contribution in [1.82, 2.24) is 10.3 Å². The lowest BCUT2D eigenvalue weighted by Gasteiger charge is -2.18. The molecule has 8 nitrogen and oxygen atoms in total. The maximum absolute atomic E-state index is 14.8. The average Bonchev–Trinajstić information content (AvgIpc) is 3.56. The molecule has 0 bridgehead atoms. The van der Waals surface area contributed by atoms with E-state index in [2.05, 4.69) is 20.9 Å². The summed E-state index contributed by atoms with van der Waals surface area (Å²) in [7, 11) is -3.52. The van der Waals surface area contributed by atoms with Crippen LogP contribution in [0.2, 0.25) is 5.02 Å². The first-order valence-electron chi connectivity index (χ1n) is 10.2. The molecule has 2 aromatic carbocycles. The summed E-state index contributed by atoms with van der Waals surface area (Å²) in [6.07, 6.45) is 3.24. The third kappa shape index (κ3) is 5.18. The molecule has 176 valence electrons. The first kappa shape index (κ1) is 23.7. The molecule has 3 amide bonds. The number of sulfone groups is 1. The van der Waals surface area contributed by atoms with Crippen LogP contribution in [-0.2, 0) is 14.6 Å². The quantitative estimate of drug-likeness (QED) is 0.466. The molecule has 4 rings (SSSR count). The van der Waals surface area contributed by atoms with Crippen molar-refractivity contribution in [3.8, 4) is 11.1 Å². The minimum absolute atomic E-state index is 0.0773. The van der Waals surface area contributed by atoms with Crippen molar-refractivity contribution in [3.63, 3.8) is 0 Å². The highest BCUT2D eigenvalue weighted by molar-refractivity contribution is 7.90. The molecule has 1 aliphatic rings. The van der Waals surface area contributed by atoms with Gasteiger partial charge in [0.1, 0.15) is 17.2 Å². The van der Waals surface area contributed by atoms with Gasteiger partial charge in [0, 0.05) is 18.0 Å². The Morgan fingerprint density at radius 2 is 1.79 bits per heavy atom. The van der Waals surface area contributed by atoms with Gasteiger partial charge in [-0.25, -0.2) is 22.6 Å². The first-order valence-corrected chi connectivity index (χ1v) is 12.5. The van der Waals surface area contributed by atoms with Crippen molar-refractivity contribution in [3.05, 3.63) is 71.6 Å². The van der Waals surface area contributed by atoms with Gasteiger partial charge >= 0.3 is 6.03 Å². The number of aromatic nitrogens is 1. The lowest BCUT2D eigenvalue weighted by molar-refractivity contribution is -0.118. The lowest BCUT2D eigenvalue weighted by Crippen LogP contribution is -2.48. The number of benzene rings is 2. The van der Waals surface area contributed by atoms with Gasteiger partial charge in [-0.2, -0.15) is 0 Å². The Balaban J connectivity index is 1.46. The van der Waals surface area contributed by atoms with Crippen LogP contribution in [-0.4, -0.2) is 37.1 Å². The first-order chi connectivity index (χ1) is 16.1. The zero-order valence-corrected chi connectivity index (χ0v) is 19.5. The fourth-order valence-electron chi connectivity index (χ4n) is 3.40. The van der Waals surface area contributed by atoms with E-state index in [0.717, 1.165) is 12.3 Å². The maximum Gasteiger partial charge on any atom is 0.321 e. The molecule has 0 saturated heterocycles. The van der Waals surface area contributed by atoms with Crippen molar-refractivity contribution in [2.75, 3.05) is 16.9 Å². The van der Waals surface area contributed by atoms with Gasteiger partial charge in [0.25, 0.3) is 0 Å². The molecule has 0 aliphatic heterocycles. The van der Waals surface area contributed by atoms with E-state index in [1.807, 2.05) is 0 Å². The van der Waals surface area contributed by atoms with Gasteiger partial charge in [0.15, 0.2) is 9.84 Å². The largest absolute Gasteiger partial charge is 0.323 e. The number of hydrogen-bond donors (Lipinski definition) is 3. The molecule has 3 aromatic rings. The zero-order valence-electron chi connectivity index (χ0n) is 17.9. The van der Waals surface area contributed by atoms with Crippen LogP contribution in [0.5, 0.6) is 0 Å². The number of nitrogens with zero attached hydrogens (tertiary/aromatic N) is 1. The monoisotopic (exact) mass is 502 g/mol. The minimum atomic E-state index is -3.52. The number of urea groups is 1. The molecule has 0 atom stereocenters. The SMILES string of the molecule is CS(=O)(=O)c1ccccc1-c1ccc(NC(=O)C2(NC(=O)Nc3ccc(Cl)cn3)CC2)c(F)c1. The Labute approximate surface area is 200 Å². The molecule has 1 aliphatic carbocycles. The summed E-state index contributed by atoms with van der Waals surface area (Å²) in [6, 6.07) is 12.8. The Morgan fingerprint density at radius 3 is 2.41 bits per heavy atom. The number of carbonyl (C=O) groups excluding carboxylic acids is 2. The number of nitrogens with one attached hydrogen (secondary N) is 3. The van der Waals surface area contributed by atoms with Crippen molar-refractivity contribution in [2.24, 2.45) is 0 Å². The third-order valence-electron chi connectivity index (χ3n) is 5.32. The minimum Gasteiger partial charge on any atom is -0.323 e. The Kier molecular flexibility index (Phi) is 6.28. The van der Waals surface area contributed by atoms with E-state index in [1.165, 1.54) is 30.5 Å². The highest BCUT2D eigenvalue weighted by Crippen LogP contribution is 2.37. The molecule has 0 spiro atoms. The predicted octanol–water partition coefficient (Wildman–Crippen LogP) is 4.24. The van der Waals surface area contributed by atoms with E-state index in [1.54, 1.807) is 24.3 Å².